The summed E-state index contributed by atoms with van der Waals surface area (Å²) in [6.07, 6.45) is 2.78. The lowest BCUT2D eigenvalue weighted by molar-refractivity contribution is 0.222. The SMILES string of the molecule is C=CCc1c(OCCN(CC)CC)ccc2ccccc12. The van der Waals surface area contributed by atoms with Crippen LogP contribution < -0.4 is 4.74 Å². The zero-order valence-electron chi connectivity index (χ0n) is 13.1. The normalized spacial score (nSPS) is 11.0. The summed E-state index contributed by atoms with van der Waals surface area (Å²) in [6.45, 7) is 12.1. The Morgan fingerprint density at radius 3 is 2.57 bits per heavy atom. The van der Waals surface area contributed by atoms with Gasteiger partial charge in [0, 0.05) is 12.1 Å². The van der Waals surface area contributed by atoms with Gasteiger partial charge in [-0.15, -0.1) is 6.58 Å². The molecule has 0 amide bonds. The van der Waals surface area contributed by atoms with Crippen LogP contribution in [-0.2, 0) is 6.42 Å². The fourth-order valence-electron chi connectivity index (χ4n) is 2.63. The van der Waals surface area contributed by atoms with Crippen LogP contribution in [0.5, 0.6) is 5.75 Å². The van der Waals surface area contributed by atoms with Crippen LogP contribution in [0.2, 0.25) is 0 Å². The number of nitrogens with zero attached hydrogens (tertiary/aromatic N) is 1. The number of ether oxygens (including phenoxy) is 1. The van der Waals surface area contributed by atoms with Crippen molar-refractivity contribution in [3.8, 4) is 5.75 Å². The van der Waals surface area contributed by atoms with E-state index in [4.69, 9.17) is 4.74 Å². The molecular formula is C19H25NO. The summed E-state index contributed by atoms with van der Waals surface area (Å²) >= 11 is 0. The van der Waals surface area contributed by atoms with E-state index in [1.807, 2.05) is 6.08 Å². The fourth-order valence-corrected chi connectivity index (χ4v) is 2.63. The van der Waals surface area contributed by atoms with Gasteiger partial charge in [-0.2, -0.15) is 0 Å². The van der Waals surface area contributed by atoms with Gasteiger partial charge < -0.3 is 9.64 Å². The van der Waals surface area contributed by atoms with Gasteiger partial charge in [-0.05, 0) is 36.3 Å². The summed E-state index contributed by atoms with van der Waals surface area (Å²) in [5, 5.41) is 2.52. The minimum atomic E-state index is 0.726. The molecule has 112 valence electrons. The molecule has 2 aromatic rings. The molecule has 0 spiro atoms. The summed E-state index contributed by atoms with van der Waals surface area (Å²) in [4.78, 5) is 2.37. The number of benzene rings is 2. The van der Waals surface area contributed by atoms with E-state index >= 15 is 0 Å². The van der Waals surface area contributed by atoms with Crippen molar-refractivity contribution in [2.45, 2.75) is 20.3 Å². The maximum atomic E-state index is 6.04. The molecule has 0 fully saturated rings. The van der Waals surface area contributed by atoms with Gasteiger partial charge in [-0.3, -0.25) is 0 Å². The highest BCUT2D eigenvalue weighted by atomic mass is 16.5. The Balaban J connectivity index is 2.18. The second-order valence-electron chi connectivity index (χ2n) is 5.13. The molecule has 0 heterocycles. The fraction of sp³-hybridized carbons (Fsp3) is 0.368. The summed E-state index contributed by atoms with van der Waals surface area (Å²) in [5.74, 6) is 0.987. The van der Waals surface area contributed by atoms with Crippen LogP contribution in [0.1, 0.15) is 19.4 Å². The summed E-state index contributed by atoms with van der Waals surface area (Å²) in [7, 11) is 0. The highest BCUT2D eigenvalue weighted by molar-refractivity contribution is 5.87. The Kier molecular flexibility index (Phi) is 5.82. The smallest absolute Gasteiger partial charge is 0.123 e. The number of fused-ring (bicyclic) bond motifs is 1. The van der Waals surface area contributed by atoms with E-state index in [-0.39, 0.29) is 0 Å². The molecule has 0 unspecified atom stereocenters. The second-order valence-corrected chi connectivity index (χ2v) is 5.13. The topological polar surface area (TPSA) is 12.5 Å². The first-order valence-electron chi connectivity index (χ1n) is 7.76. The monoisotopic (exact) mass is 283 g/mol. The third kappa shape index (κ3) is 3.85. The molecule has 0 atom stereocenters. The first-order chi connectivity index (χ1) is 10.3. The maximum Gasteiger partial charge on any atom is 0.123 e. The van der Waals surface area contributed by atoms with E-state index in [1.54, 1.807) is 0 Å². The van der Waals surface area contributed by atoms with Gasteiger partial charge in [0.05, 0.1) is 0 Å². The van der Waals surface area contributed by atoms with Crippen molar-refractivity contribution in [2.24, 2.45) is 0 Å². The van der Waals surface area contributed by atoms with Crippen molar-refractivity contribution in [1.82, 2.24) is 4.90 Å². The maximum absolute atomic E-state index is 6.04. The van der Waals surface area contributed by atoms with E-state index < -0.39 is 0 Å². The average molecular weight is 283 g/mol. The number of allylic oxidation sites excluding steroid dienone is 1. The molecule has 0 aliphatic rings. The molecule has 0 aliphatic heterocycles. The standard InChI is InChI=1S/C19H25NO/c1-4-9-18-17-11-8-7-10-16(17)12-13-19(18)21-15-14-20(5-2)6-3/h4,7-8,10-13H,1,5-6,9,14-15H2,2-3H3. The molecule has 0 saturated carbocycles. The average Bonchev–Trinajstić information content (AvgIpc) is 2.53. The van der Waals surface area contributed by atoms with Gasteiger partial charge in [0.2, 0.25) is 0 Å². The molecule has 2 rings (SSSR count). The molecule has 21 heavy (non-hydrogen) atoms. The highest BCUT2D eigenvalue weighted by Gasteiger charge is 2.08. The van der Waals surface area contributed by atoms with E-state index in [9.17, 15) is 0 Å². The Morgan fingerprint density at radius 1 is 1.10 bits per heavy atom. The van der Waals surface area contributed by atoms with Crippen molar-refractivity contribution in [3.63, 3.8) is 0 Å². The van der Waals surface area contributed by atoms with Crippen LogP contribution >= 0.6 is 0 Å². The lowest BCUT2D eigenvalue weighted by Crippen LogP contribution is -2.28. The molecule has 0 N–H and O–H groups in total. The van der Waals surface area contributed by atoms with Crippen molar-refractivity contribution in [3.05, 3.63) is 54.6 Å². The molecule has 2 heteroatoms. The van der Waals surface area contributed by atoms with Crippen molar-refractivity contribution in [2.75, 3.05) is 26.2 Å². The van der Waals surface area contributed by atoms with E-state index in [0.717, 1.165) is 38.4 Å². The third-order valence-electron chi connectivity index (χ3n) is 3.91. The predicted octanol–water partition coefficient (Wildman–Crippen LogP) is 4.29. The van der Waals surface area contributed by atoms with Crippen LogP contribution in [-0.4, -0.2) is 31.1 Å². The molecule has 0 bridgehead atoms. The summed E-state index contributed by atoms with van der Waals surface area (Å²) in [6, 6.07) is 12.7. The Labute approximate surface area is 128 Å². The number of rotatable bonds is 8. The third-order valence-corrected chi connectivity index (χ3v) is 3.91. The second kappa shape index (κ2) is 7.84. The molecule has 0 radical (unpaired) electrons. The number of hydrogen-bond acceptors (Lipinski definition) is 2. The van der Waals surface area contributed by atoms with Gasteiger partial charge in [-0.25, -0.2) is 0 Å². The molecule has 0 aliphatic carbocycles. The number of likely N-dealkylation sites (N-methyl/N-ethyl adjacent to an activating group) is 1. The minimum Gasteiger partial charge on any atom is -0.492 e. The van der Waals surface area contributed by atoms with Crippen molar-refractivity contribution >= 4 is 10.8 Å². The lowest BCUT2D eigenvalue weighted by atomic mass is 10.0. The first kappa shape index (κ1) is 15.6. The summed E-state index contributed by atoms with van der Waals surface area (Å²) in [5.41, 5.74) is 1.24. The first-order valence-corrected chi connectivity index (χ1v) is 7.76. The van der Waals surface area contributed by atoms with Crippen molar-refractivity contribution < 1.29 is 4.74 Å². The van der Waals surface area contributed by atoms with Gasteiger partial charge >= 0.3 is 0 Å². The Hall–Kier alpha value is -1.80. The van der Waals surface area contributed by atoms with Crippen molar-refractivity contribution in [1.29, 1.82) is 0 Å². The minimum absolute atomic E-state index is 0.726. The van der Waals surface area contributed by atoms with Crippen LogP contribution in [0, 0.1) is 0 Å². The molecule has 2 nitrogen and oxygen atoms in total. The largest absolute Gasteiger partial charge is 0.492 e. The number of hydrogen-bond donors (Lipinski definition) is 0. The van der Waals surface area contributed by atoms with Crippen LogP contribution in [0.3, 0.4) is 0 Å². The van der Waals surface area contributed by atoms with Crippen LogP contribution in [0.25, 0.3) is 10.8 Å². The van der Waals surface area contributed by atoms with E-state index in [1.165, 1.54) is 16.3 Å². The highest BCUT2D eigenvalue weighted by Crippen LogP contribution is 2.28. The quantitative estimate of drug-likeness (QED) is 0.670. The predicted molar refractivity (Wildman–Crippen MR) is 91.1 cm³/mol. The Morgan fingerprint density at radius 2 is 1.86 bits per heavy atom. The van der Waals surface area contributed by atoms with Gasteiger partial charge in [0.1, 0.15) is 12.4 Å². The molecule has 0 saturated heterocycles. The zero-order valence-corrected chi connectivity index (χ0v) is 13.1. The van der Waals surface area contributed by atoms with Gasteiger partial charge in [-0.1, -0.05) is 50.3 Å². The molecular weight excluding hydrogens is 258 g/mol. The van der Waals surface area contributed by atoms with E-state index in [2.05, 4.69) is 61.7 Å². The molecule has 2 aromatic carbocycles. The summed E-state index contributed by atoms with van der Waals surface area (Å²) < 4.78 is 6.04. The van der Waals surface area contributed by atoms with Gasteiger partial charge in [0.15, 0.2) is 0 Å². The van der Waals surface area contributed by atoms with Gasteiger partial charge in [0.25, 0.3) is 0 Å². The van der Waals surface area contributed by atoms with E-state index in [0.29, 0.717) is 0 Å². The Bertz CT molecular complexity index is 587. The molecule has 0 aromatic heterocycles. The lowest BCUT2D eigenvalue weighted by Gasteiger charge is -2.19. The van der Waals surface area contributed by atoms with Crippen LogP contribution in [0.15, 0.2) is 49.1 Å². The van der Waals surface area contributed by atoms with Crippen LogP contribution in [0.4, 0.5) is 0 Å². The zero-order chi connectivity index (χ0) is 15.1.